The molecule has 37 heavy (non-hydrogen) atoms. The number of nitriles is 1. The zero-order valence-corrected chi connectivity index (χ0v) is 20.0. The molecule has 0 aliphatic heterocycles. The van der Waals surface area contributed by atoms with Gasteiger partial charge in [-0.2, -0.15) is 10.2 Å². The Hall–Kier alpha value is -5.37. The maximum Gasteiger partial charge on any atom is 0.266 e. The second kappa shape index (κ2) is 9.71. The Kier molecular flexibility index (Phi) is 6.13. The zero-order valence-electron chi connectivity index (χ0n) is 20.0. The number of nitrogens with zero attached hydrogens (tertiary/aromatic N) is 7. The van der Waals surface area contributed by atoms with E-state index in [2.05, 4.69) is 25.3 Å². The van der Waals surface area contributed by atoms with Crippen LogP contribution in [0.3, 0.4) is 0 Å². The number of benzene rings is 2. The highest BCUT2D eigenvalue weighted by molar-refractivity contribution is 5.92. The molecule has 0 aliphatic rings. The predicted octanol–water partition coefficient (Wildman–Crippen LogP) is 3.27. The van der Waals surface area contributed by atoms with Crippen molar-refractivity contribution in [3.63, 3.8) is 0 Å². The van der Waals surface area contributed by atoms with Crippen molar-refractivity contribution >= 4 is 22.7 Å². The monoisotopic (exact) mass is 491 g/mol. The van der Waals surface area contributed by atoms with Gasteiger partial charge in [0.2, 0.25) is 5.95 Å². The molecular weight excluding hydrogens is 470 g/mol. The molecule has 0 bridgehead atoms. The number of aromatic nitrogens is 6. The molecule has 0 aliphatic carbocycles. The minimum atomic E-state index is -0.542. The predicted molar refractivity (Wildman–Crippen MR) is 138 cm³/mol. The molecule has 0 amide bonds. The summed E-state index contributed by atoms with van der Waals surface area (Å²) in [6, 6.07) is 16.0. The van der Waals surface area contributed by atoms with Crippen molar-refractivity contribution in [2.45, 2.75) is 13.0 Å². The lowest BCUT2D eigenvalue weighted by Gasteiger charge is -2.21. The van der Waals surface area contributed by atoms with E-state index in [0.29, 0.717) is 39.6 Å². The van der Waals surface area contributed by atoms with E-state index in [-0.39, 0.29) is 22.9 Å². The first kappa shape index (κ1) is 23.4. The third-order valence-electron chi connectivity index (χ3n) is 5.71. The van der Waals surface area contributed by atoms with Crippen LogP contribution in [0.5, 0.6) is 5.75 Å². The van der Waals surface area contributed by atoms with Gasteiger partial charge in [-0.05, 0) is 25.1 Å². The second-order valence-corrected chi connectivity index (χ2v) is 8.06. The fraction of sp³-hybridized carbons (Fsp3) is 0.115. The van der Waals surface area contributed by atoms with Crippen LogP contribution in [-0.2, 0) is 0 Å². The number of ether oxygens (including phenoxy) is 1. The standard InChI is InChI=1S/C26H21N9O2/c1-15(32-22-16(11-27)12-31-26(28)34-22)24-33-20-10-6-9-19(23-29-13-18(37-2)14-30-23)21(20)25(36)35(24)17-7-4-3-5-8-17/h3-10,12-15H,1-2H3,(H3,28,31,32,34)/t15-/m0/s1. The Morgan fingerprint density at radius 3 is 2.49 bits per heavy atom. The molecule has 182 valence electrons. The lowest BCUT2D eigenvalue weighted by Crippen LogP contribution is -2.28. The van der Waals surface area contributed by atoms with Crippen molar-refractivity contribution in [3.8, 4) is 28.9 Å². The van der Waals surface area contributed by atoms with Crippen LogP contribution in [-0.4, -0.2) is 36.6 Å². The molecule has 3 heterocycles. The summed E-state index contributed by atoms with van der Waals surface area (Å²) >= 11 is 0. The van der Waals surface area contributed by atoms with Crippen LogP contribution in [0.25, 0.3) is 28.0 Å². The number of fused-ring (bicyclic) bond motifs is 1. The summed E-state index contributed by atoms with van der Waals surface area (Å²) in [7, 11) is 1.53. The van der Waals surface area contributed by atoms with Gasteiger partial charge in [0.1, 0.15) is 23.3 Å². The van der Waals surface area contributed by atoms with E-state index in [1.807, 2.05) is 43.3 Å². The zero-order chi connectivity index (χ0) is 25.9. The quantitative estimate of drug-likeness (QED) is 0.361. The summed E-state index contributed by atoms with van der Waals surface area (Å²) in [5.41, 5.74) is 7.31. The molecule has 0 radical (unpaired) electrons. The third kappa shape index (κ3) is 4.39. The minimum Gasteiger partial charge on any atom is -0.494 e. The number of nitrogen functional groups attached to an aromatic ring is 1. The molecule has 0 unspecified atom stereocenters. The number of rotatable bonds is 6. The molecule has 11 nitrogen and oxygen atoms in total. The first-order valence-electron chi connectivity index (χ1n) is 11.3. The number of nitrogens with one attached hydrogen (secondary N) is 1. The maximum atomic E-state index is 14.1. The smallest absolute Gasteiger partial charge is 0.266 e. The van der Waals surface area contributed by atoms with Crippen molar-refractivity contribution < 1.29 is 4.74 Å². The Morgan fingerprint density at radius 1 is 1.03 bits per heavy atom. The van der Waals surface area contributed by atoms with Crippen LogP contribution in [0.4, 0.5) is 11.8 Å². The Morgan fingerprint density at radius 2 is 1.78 bits per heavy atom. The highest BCUT2D eigenvalue weighted by Gasteiger charge is 2.22. The Balaban J connectivity index is 1.73. The normalized spacial score (nSPS) is 11.6. The van der Waals surface area contributed by atoms with E-state index < -0.39 is 6.04 Å². The molecule has 0 saturated heterocycles. The minimum absolute atomic E-state index is 0.0183. The topological polar surface area (TPSA) is 158 Å². The number of hydrogen-bond acceptors (Lipinski definition) is 10. The highest BCUT2D eigenvalue weighted by Crippen LogP contribution is 2.27. The van der Waals surface area contributed by atoms with E-state index in [4.69, 9.17) is 15.5 Å². The van der Waals surface area contributed by atoms with Gasteiger partial charge in [-0.3, -0.25) is 9.36 Å². The van der Waals surface area contributed by atoms with Gasteiger partial charge in [0, 0.05) is 5.56 Å². The van der Waals surface area contributed by atoms with E-state index in [1.165, 1.54) is 17.9 Å². The molecule has 3 aromatic heterocycles. The summed E-state index contributed by atoms with van der Waals surface area (Å²) in [5.74, 6) is 1.56. The first-order chi connectivity index (χ1) is 18.0. The molecule has 11 heteroatoms. The fourth-order valence-corrected chi connectivity index (χ4v) is 3.97. The van der Waals surface area contributed by atoms with Crippen LogP contribution in [0.2, 0.25) is 0 Å². The number of hydrogen-bond donors (Lipinski definition) is 2. The van der Waals surface area contributed by atoms with Gasteiger partial charge in [0.25, 0.3) is 5.56 Å². The Bertz CT molecular complexity index is 1690. The molecule has 0 saturated carbocycles. The third-order valence-corrected chi connectivity index (χ3v) is 5.71. The van der Waals surface area contributed by atoms with E-state index in [1.54, 1.807) is 30.6 Å². The van der Waals surface area contributed by atoms with Crippen molar-refractivity contribution in [2.75, 3.05) is 18.2 Å². The average Bonchev–Trinajstić information content (AvgIpc) is 2.93. The number of para-hydroxylation sites is 1. The first-order valence-corrected chi connectivity index (χ1v) is 11.3. The maximum absolute atomic E-state index is 14.1. The molecule has 5 rings (SSSR count). The second-order valence-electron chi connectivity index (χ2n) is 8.06. The van der Waals surface area contributed by atoms with E-state index >= 15 is 0 Å². The molecule has 5 aromatic rings. The Labute approximate surface area is 211 Å². The molecule has 2 aromatic carbocycles. The fourth-order valence-electron chi connectivity index (χ4n) is 3.97. The van der Waals surface area contributed by atoms with Crippen LogP contribution in [0.15, 0.2) is 71.9 Å². The molecular formula is C26H21N9O2. The van der Waals surface area contributed by atoms with Crippen LogP contribution in [0, 0.1) is 11.3 Å². The van der Waals surface area contributed by atoms with Crippen LogP contribution in [0.1, 0.15) is 24.4 Å². The summed E-state index contributed by atoms with van der Waals surface area (Å²) in [5, 5.41) is 13.0. The van der Waals surface area contributed by atoms with Gasteiger partial charge in [-0.25, -0.2) is 19.9 Å². The summed E-state index contributed by atoms with van der Waals surface area (Å²) in [6.45, 7) is 1.82. The van der Waals surface area contributed by atoms with Crippen LogP contribution < -0.4 is 21.3 Å². The van der Waals surface area contributed by atoms with Gasteiger partial charge in [-0.15, -0.1) is 0 Å². The largest absolute Gasteiger partial charge is 0.494 e. The summed E-state index contributed by atoms with van der Waals surface area (Å²) in [4.78, 5) is 35.8. The molecule has 3 N–H and O–H groups in total. The molecule has 0 fully saturated rings. The molecule has 0 spiro atoms. The number of nitrogens with two attached hydrogens (primary N) is 1. The summed E-state index contributed by atoms with van der Waals surface area (Å²) in [6.07, 6.45) is 4.44. The van der Waals surface area contributed by atoms with Gasteiger partial charge in [0.15, 0.2) is 11.6 Å². The van der Waals surface area contributed by atoms with E-state index in [9.17, 15) is 10.1 Å². The van der Waals surface area contributed by atoms with Gasteiger partial charge in [0.05, 0.1) is 48.3 Å². The highest BCUT2D eigenvalue weighted by atomic mass is 16.5. The van der Waals surface area contributed by atoms with Gasteiger partial charge < -0.3 is 15.8 Å². The van der Waals surface area contributed by atoms with Gasteiger partial charge >= 0.3 is 0 Å². The van der Waals surface area contributed by atoms with Crippen LogP contribution >= 0.6 is 0 Å². The lowest BCUT2D eigenvalue weighted by molar-refractivity contribution is 0.411. The number of methoxy groups -OCH3 is 1. The average molecular weight is 492 g/mol. The SMILES string of the molecule is COc1cnc(-c2cccc3nc([C@H](C)Nc4nc(N)ncc4C#N)n(-c4ccccc4)c(=O)c23)nc1. The lowest BCUT2D eigenvalue weighted by atomic mass is 10.1. The van der Waals surface area contributed by atoms with Crippen molar-refractivity contribution in [1.82, 2.24) is 29.5 Å². The van der Waals surface area contributed by atoms with Crippen molar-refractivity contribution in [1.29, 1.82) is 5.26 Å². The van der Waals surface area contributed by atoms with E-state index in [0.717, 1.165) is 0 Å². The van der Waals surface area contributed by atoms with Gasteiger partial charge in [-0.1, -0.05) is 30.3 Å². The van der Waals surface area contributed by atoms with Crippen molar-refractivity contribution in [2.24, 2.45) is 0 Å². The van der Waals surface area contributed by atoms with Crippen molar-refractivity contribution in [3.05, 3.63) is 88.9 Å². The number of anilines is 2. The summed E-state index contributed by atoms with van der Waals surface area (Å²) < 4.78 is 6.69. The molecule has 1 atom stereocenters.